The molecule has 2 aromatic rings. The van der Waals surface area contributed by atoms with E-state index in [-0.39, 0.29) is 6.61 Å². The van der Waals surface area contributed by atoms with Crippen LogP contribution in [0.1, 0.15) is 5.56 Å². The SMILES string of the molecule is OCCc1cccc2nonc12. The molecule has 0 unspecified atom stereocenters. The first-order valence-electron chi connectivity index (χ1n) is 3.73. The van der Waals surface area contributed by atoms with Crippen molar-refractivity contribution in [3.05, 3.63) is 23.8 Å². The Labute approximate surface area is 68.8 Å². The Morgan fingerprint density at radius 3 is 3.08 bits per heavy atom. The van der Waals surface area contributed by atoms with E-state index in [0.29, 0.717) is 6.42 Å². The Hall–Kier alpha value is -1.42. The van der Waals surface area contributed by atoms with Gasteiger partial charge in [-0.3, -0.25) is 0 Å². The molecule has 2 rings (SSSR count). The summed E-state index contributed by atoms with van der Waals surface area (Å²) < 4.78 is 4.57. The van der Waals surface area contributed by atoms with Gasteiger partial charge in [-0.2, -0.15) is 0 Å². The van der Waals surface area contributed by atoms with Gasteiger partial charge in [-0.15, -0.1) is 0 Å². The molecular formula is C8H8N2O2. The van der Waals surface area contributed by atoms with Gasteiger partial charge in [0.05, 0.1) is 0 Å². The van der Waals surface area contributed by atoms with Crippen LogP contribution in [-0.2, 0) is 6.42 Å². The zero-order valence-corrected chi connectivity index (χ0v) is 6.40. The predicted octanol–water partition coefficient (Wildman–Crippen LogP) is 0.758. The quantitative estimate of drug-likeness (QED) is 0.711. The normalized spacial score (nSPS) is 10.8. The lowest BCUT2D eigenvalue weighted by Crippen LogP contribution is -1.91. The lowest BCUT2D eigenvalue weighted by Gasteiger charge is -1.95. The number of fused-ring (bicyclic) bond motifs is 1. The summed E-state index contributed by atoms with van der Waals surface area (Å²) in [7, 11) is 0. The average Bonchev–Trinajstić information content (AvgIpc) is 2.53. The lowest BCUT2D eigenvalue weighted by molar-refractivity contribution is 0.299. The molecule has 0 atom stereocenters. The van der Waals surface area contributed by atoms with Crippen molar-refractivity contribution in [1.82, 2.24) is 10.3 Å². The third-order valence-electron chi connectivity index (χ3n) is 1.75. The highest BCUT2D eigenvalue weighted by molar-refractivity contribution is 5.76. The third kappa shape index (κ3) is 1.06. The van der Waals surface area contributed by atoms with Crippen LogP contribution in [0.15, 0.2) is 22.8 Å². The molecule has 1 heterocycles. The van der Waals surface area contributed by atoms with Crippen LogP contribution in [-0.4, -0.2) is 22.0 Å². The summed E-state index contributed by atoms with van der Waals surface area (Å²) >= 11 is 0. The second kappa shape index (κ2) is 2.91. The second-order valence-corrected chi connectivity index (χ2v) is 2.52. The maximum absolute atomic E-state index is 8.74. The number of aliphatic hydroxyl groups is 1. The summed E-state index contributed by atoms with van der Waals surface area (Å²) in [4.78, 5) is 0. The summed E-state index contributed by atoms with van der Waals surface area (Å²) in [6.45, 7) is 0.117. The van der Waals surface area contributed by atoms with E-state index in [0.717, 1.165) is 16.6 Å². The maximum Gasteiger partial charge on any atom is 0.138 e. The fraction of sp³-hybridized carbons (Fsp3) is 0.250. The fourth-order valence-electron chi connectivity index (χ4n) is 1.18. The highest BCUT2D eigenvalue weighted by atomic mass is 16.6. The first-order valence-corrected chi connectivity index (χ1v) is 3.73. The van der Waals surface area contributed by atoms with Gasteiger partial charge in [0, 0.05) is 6.61 Å². The van der Waals surface area contributed by atoms with Crippen LogP contribution in [0, 0.1) is 0 Å². The minimum Gasteiger partial charge on any atom is -0.396 e. The van der Waals surface area contributed by atoms with Gasteiger partial charge in [0.25, 0.3) is 0 Å². The van der Waals surface area contributed by atoms with Gasteiger partial charge in [0.15, 0.2) is 0 Å². The molecule has 1 N–H and O–H groups in total. The first kappa shape index (κ1) is 7.24. The molecule has 12 heavy (non-hydrogen) atoms. The predicted molar refractivity (Wildman–Crippen MR) is 42.6 cm³/mol. The molecule has 0 bridgehead atoms. The standard InChI is InChI=1S/C8H8N2O2/c11-5-4-6-2-1-3-7-8(6)10-12-9-7/h1-3,11H,4-5H2. The van der Waals surface area contributed by atoms with E-state index in [1.165, 1.54) is 0 Å². The Kier molecular flexibility index (Phi) is 1.75. The molecule has 4 heteroatoms. The van der Waals surface area contributed by atoms with Crippen molar-refractivity contribution in [2.75, 3.05) is 6.61 Å². The smallest absolute Gasteiger partial charge is 0.138 e. The van der Waals surface area contributed by atoms with Gasteiger partial charge in [0.1, 0.15) is 11.0 Å². The van der Waals surface area contributed by atoms with E-state index in [2.05, 4.69) is 14.9 Å². The molecule has 1 aromatic heterocycles. The molecule has 0 fully saturated rings. The second-order valence-electron chi connectivity index (χ2n) is 2.52. The Morgan fingerprint density at radius 1 is 1.33 bits per heavy atom. The molecule has 4 nitrogen and oxygen atoms in total. The van der Waals surface area contributed by atoms with E-state index in [4.69, 9.17) is 5.11 Å². The Morgan fingerprint density at radius 2 is 2.25 bits per heavy atom. The van der Waals surface area contributed by atoms with Crippen LogP contribution in [0.25, 0.3) is 11.0 Å². The van der Waals surface area contributed by atoms with Gasteiger partial charge >= 0.3 is 0 Å². The molecule has 0 saturated heterocycles. The van der Waals surface area contributed by atoms with E-state index >= 15 is 0 Å². The summed E-state index contributed by atoms with van der Waals surface area (Å²) in [6, 6.07) is 5.60. The van der Waals surface area contributed by atoms with Crippen LogP contribution in [0.4, 0.5) is 0 Å². The molecule has 0 saturated carbocycles. The van der Waals surface area contributed by atoms with E-state index in [1.807, 2.05) is 18.2 Å². The highest BCUT2D eigenvalue weighted by Gasteiger charge is 2.04. The fourth-order valence-corrected chi connectivity index (χ4v) is 1.18. The summed E-state index contributed by atoms with van der Waals surface area (Å²) in [5.74, 6) is 0. The van der Waals surface area contributed by atoms with Crippen molar-refractivity contribution in [2.24, 2.45) is 0 Å². The van der Waals surface area contributed by atoms with Crippen molar-refractivity contribution in [3.63, 3.8) is 0 Å². The maximum atomic E-state index is 8.74. The molecule has 0 radical (unpaired) electrons. The molecule has 0 spiro atoms. The summed E-state index contributed by atoms with van der Waals surface area (Å²) in [5.41, 5.74) is 2.45. The monoisotopic (exact) mass is 164 g/mol. The van der Waals surface area contributed by atoms with Gasteiger partial charge < -0.3 is 5.11 Å². The van der Waals surface area contributed by atoms with Crippen molar-refractivity contribution in [2.45, 2.75) is 6.42 Å². The van der Waals surface area contributed by atoms with Crippen LogP contribution < -0.4 is 0 Å². The minimum absolute atomic E-state index is 0.117. The van der Waals surface area contributed by atoms with Gasteiger partial charge in [-0.05, 0) is 28.4 Å². The number of hydrogen-bond acceptors (Lipinski definition) is 4. The molecular weight excluding hydrogens is 156 g/mol. The molecule has 1 aromatic carbocycles. The largest absolute Gasteiger partial charge is 0.396 e. The van der Waals surface area contributed by atoms with Crippen LogP contribution in [0.5, 0.6) is 0 Å². The van der Waals surface area contributed by atoms with Crippen LogP contribution >= 0.6 is 0 Å². The van der Waals surface area contributed by atoms with Crippen molar-refractivity contribution >= 4 is 11.0 Å². The summed E-state index contributed by atoms with van der Waals surface area (Å²) in [5, 5.41) is 16.2. The number of aliphatic hydroxyl groups excluding tert-OH is 1. The molecule has 0 amide bonds. The lowest BCUT2D eigenvalue weighted by atomic mass is 10.1. The van der Waals surface area contributed by atoms with E-state index < -0.39 is 0 Å². The number of aromatic nitrogens is 2. The molecule has 0 aliphatic rings. The number of hydrogen-bond donors (Lipinski definition) is 1. The average molecular weight is 164 g/mol. The van der Waals surface area contributed by atoms with Gasteiger partial charge in [-0.1, -0.05) is 12.1 Å². The zero-order chi connectivity index (χ0) is 8.39. The van der Waals surface area contributed by atoms with E-state index in [9.17, 15) is 0 Å². The topological polar surface area (TPSA) is 59.2 Å². The number of rotatable bonds is 2. The van der Waals surface area contributed by atoms with Crippen molar-refractivity contribution in [1.29, 1.82) is 0 Å². The number of benzene rings is 1. The highest BCUT2D eigenvalue weighted by Crippen LogP contribution is 2.14. The molecule has 62 valence electrons. The minimum atomic E-state index is 0.117. The Bertz CT molecular complexity index is 383. The van der Waals surface area contributed by atoms with Crippen LogP contribution in [0.2, 0.25) is 0 Å². The summed E-state index contributed by atoms with van der Waals surface area (Å²) in [6.07, 6.45) is 0.589. The molecule has 0 aliphatic heterocycles. The van der Waals surface area contributed by atoms with Gasteiger partial charge in [-0.25, -0.2) is 4.63 Å². The third-order valence-corrected chi connectivity index (χ3v) is 1.75. The zero-order valence-electron chi connectivity index (χ0n) is 6.40. The van der Waals surface area contributed by atoms with Gasteiger partial charge in [0.2, 0.25) is 0 Å². The van der Waals surface area contributed by atoms with Crippen LogP contribution in [0.3, 0.4) is 0 Å². The molecule has 0 aliphatic carbocycles. The van der Waals surface area contributed by atoms with Crippen molar-refractivity contribution < 1.29 is 9.74 Å². The van der Waals surface area contributed by atoms with Crippen molar-refractivity contribution in [3.8, 4) is 0 Å². The van der Waals surface area contributed by atoms with E-state index in [1.54, 1.807) is 0 Å². The first-order chi connectivity index (χ1) is 5.92. The number of nitrogens with zero attached hydrogens (tertiary/aromatic N) is 2. The Balaban J connectivity index is 2.57.